The van der Waals surface area contributed by atoms with E-state index in [1.54, 1.807) is 13.2 Å². The molecule has 2 aromatic heterocycles. The highest BCUT2D eigenvalue weighted by Gasteiger charge is 2.13. The third-order valence-electron chi connectivity index (χ3n) is 2.86. The first-order valence-electron chi connectivity index (χ1n) is 6.15. The largest absolute Gasteiger partial charge is 0.451 e. The Morgan fingerprint density at radius 2 is 2.00 bits per heavy atom. The van der Waals surface area contributed by atoms with Crippen molar-refractivity contribution in [3.63, 3.8) is 0 Å². The zero-order valence-corrected chi connectivity index (χ0v) is 11.6. The summed E-state index contributed by atoms with van der Waals surface area (Å²) in [5.41, 5.74) is 11.9. The van der Waals surface area contributed by atoms with Gasteiger partial charge < -0.3 is 20.8 Å². The number of rotatable bonds is 3. The Morgan fingerprint density at radius 3 is 2.60 bits per heavy atom. The molecule has 2 rings (SSSR count). The number of anilines is 2. The van der Waals surface area contributed by atoms with Crippen molar-refractivity contribution in [2.24, 2.45) is 7.05 Å². The van der Waals surface area contributed by atoms with Gasteiger partial charge in [0.2, 0.25) is 5.95 Å². The van der Waals surface area contributed by atoms with Gasteiger partial charge in [-0.3, -0.25) is 4.79 Å². The van der Waals surface area contributed by atoms with Gasteiger partial charge in [-0.25, -0.2) is 4.98 Å². The van der Waals surface area contributed by atoms with Crippen molar-refractivity contribution >= 4 is 11.8 Å². The molecule has 0 saturated carbocycles. The first-order valence-corrected chi connectivity index (χ1v) is 6.15. The molecule has 0 bridgehead atoms. The highest BCUT2D eigenvalue weighted by molar-refractivity contribution is 5.50. The van der Waals surface area contributed by atoms with E-state index in [1.165, 1.54) is 16.8 Å². The molecule has 0 fully saturated rings. The fourth-order valence-corrected chi connectivity index (χ4v) is 1.75. The minimum absolute atomic E-state index is 0.0721. The molecule has 0 aliphatic heterocycles. The van der Waals surface area contributed by atoms with Crippen LogP contribution in [0.15, 0.2) is 23.3 Å². The highest BCUT2D eigenvalue weighted by atomic mass is 16.5. The summed E-state index contributed by atoms with van der Waals surface area (Å²) in [5.74, 6) is 1.11. The lowest BCUT2D eigenvalue weighted by atomic mass is 10.0. The average molecular weight is 275 g/mol. The standard InChI is InChI=1S/C13H17N5O2/c1-7(2)8-6-18(3)11(19)4-9(8)20-10-5-16-13(15)17-12(10)14/h4-7H,1-3H3,(H4,14,15,16,17). The van der Waals surface area contributed by atoms with Crippen LogP contribution in [0.25, 0.3) is 0 Å². The van der Waals surface area contributed by atoms with Crippen molar-refractivity contribution in [1.82, 2.24) is 14.5 Å². The van der Waals surface area contributed by atoms with Crippen LogP contribution in [0.4, 0.5) is 11.8 Å². The zero-order chi connectivity index (χ0) is 14.9. The second kappa shape index (κ2) is 5.20. The van der Waals surface area contributed by atoms with Gasteiger partial charge in [0.1, 0.15) is 5.75 Å². The van der Waals surface area contributed by atoms with Gasteiger partial charge in [0.15, 0.2) is 11.6 Å². The van der Waals surface area contributed by atoms with Crippen molar-refractivity contribution in [2.75, 3.05) is 11.5 Å². The zero-order valence-electron chi connectivity index (χ0n) is 11.6. The summed E-state index contributed by atoms with van der Waals surface area (Å²) in [6.45, 7) is 4.02. The minimum Gasteiger partial charge on any atom is -0.451 e. The molecule has 106 valence electrons. The molecule has 0 unspecified atom stereocenters. The number of hydrogen-bond acceptors (Lipinski definition) is 6. The number of aromatic nitrogens is 3. The Balaban J connectivity index is 2.47. The summed E-state index contributed by atoms with van der Waals surface area (Å²) >= 11 is 0. The van der Waals surface area contributed by atoms with Crippen molar-refractivity contribution in [3.05, 3.63) is 34.4 Å². The minimum atomic E-state index is -0.167. The van der Waals surface area contributed by atoms with Gasteiger partial charge in [0.05, 0.1) is 6.20 Å². The van der Waals surface area contributed by atoms with Crippen LogP contribution in [0.5, 0.6) is 11.5 Å². The van der Waals surface area contributed by atoms with E-state index in [0.717, 1.165) is 5.56 Å². The Bertz CT molecular complexity index is 694. The van der Waals surface area contributed by atoms with E-state index >= 15 is 0 Å². The lowest BCUT2D eigenvalue weighted by molar-refractivity contribution is 0.467. The molecule has 0 aliphatic carbocycles. The monoisotopic (exact) mass is 275 g/mol. The van der Waals surface area contributed by atoms with E-state index in [0.29, 0.717) is 5.75 Å². The fraction of sp³-hybridized carbons (Fsp3) is 0.308. The van der Waals surface area contributed by atoms with Gasteiger partial charge in [-0.2, -0.15) is 4.98 Å². The maximum absolute atomic E-state index is 11.7. The SMILES string of the molecule is CC(C)c1cn(C)c(=O)cc1Oc1cnc(N)nc1N. The summed E-state index contributed by atoms with van der Waals surface area (Å²) in [6, 6.07) is 1.42. The average Bonchev–Trinajstić information content (AvgIpc) is 2.36. The van der Waals surface area contributed by atoms with E-state index < -0.39 is 0 Å². The number of ether oxygens (including phenoxy) is 1. The third-order valence-corrected chi connectivity index (χ3v) is 2.86. The van der Waals surface area contributed by atoms with Gasteiger partial charge in [-0.15, -0.1) is 0 Å². The van der Waals surface area contributed by atoms with E-state index in [1.807, 2.05) is 13.8 Å². The van der Waals surface area contributed by atoms with E-state index in [-0.39, 0.29) is 29.0 Å². The molecule has 0 atom stereocenters. The van der Waals surface area contributed by atoms with E-state index in [4.69, 9.17) is 16.2 Å². The molecule has 0 spiro atoms. The quantitative estimate of drug-likeness (QED) is 0.872. The number of aryl methyl sites for hydroxylation is 1. The Hall–Kier alpha value is -2.57. The second-order valence-corrected chi connectivity index (χ2v) is 4.78. The van der Waals surface area contributed by atoms with Gasteiger partial charge in [-0.1, -0.05) is 13.8 Å². The Kier molecular flexibility index (Phi) is 3.60. The van der Waals surface area contributed by atoms with Crippen LogP contribution in [-0.2, 0) is 7.05 Å². The van der Waals surface area contributed by atoms with Gasteiger partial charge in [0.25, 0.3) is 5.56 Å². The maximum atomic E-state index is 11.7. The van der Waals surface area contributed by atoms with Crippen LogP contribution >= 0.6 is 0 Å². The molecule has 4 N–H and O–H groups in total. The number of nitrogen functional groups attached to an aromatic ring is 2. The molecule has 0 amide bonds. The van der Waals surface area contributed by atoms with Crippen LogP contribution < -0.4 is 21.8 Å². The molecule has 0 saturated heterocycles. The van der Waals surface area contributed by atoms with Crippen LogP contribution in [0, 0.1) is 0 Å². The smallest absolute Gasteiger partial charge is 0.254 e. The molecule has 7 heteroatoms. The lowest BCUT2D eigenvalue weighted by Gasteiger charge is -2.15. The molecule has 2 heterocycles. The maximum Gasteiger partial charge on any atom is 0.254 e. The molecule has 7 nitrogen and oxygen atoms in total. The first kappa shape index (κ1) is 13.9. The van der Waals surface area contributed by atoms with Crippen LogP contribution in [0.1, 0.15) is 25.3 Å². The molecule has 0 aromatic carbocycles. The van der Waals surface area contributed by atoms with Gasteiger partial charge in [0, 0.05) is 24.9 Å². The third kappa shape index (κ3) is 2.71. The first-order chi connectivity index (χ1) is 9.38. The van der Waals surface area contributed by atoms with Crippen molar-refractivity contribution < 1.29 is 4.74 Å². The molecular weight excluding hydrogens is 258 g/mol. The van der Waals surface area contributed by atoms with Crippen LogP contribution in [0.3, 0.4) is 0 Å². The second-order valence-electron chi connectivity index (χ2n) is 4.78. The number of nitrogens with two attached hydrogens (primary N) is 2. The van der Waals surface area contributed by atoms with Crippen molar-refractivity contribution in [1.29, 1.82) is 0 Å². The predicted octanol–water partition coefficient (Wildman–Crippen LogP) is 1.26. The van der Waals surface area contributed by atoms with E-state index in [2.05, 4.69) is 9.97 Å². The van der Waals surface area contributed by atoms with Crippen LogP contribution in [0.2, 0.25) is 0 Å². The molecule has 2 aromatic rings. The van der Waals surface area contributed by atoms with Gasteiger partial charge >= 0.3 is 0 Å². The predicted molar refractivity (Wildman–Crippen MR) is 76.7 cm³/mol. The van der Waals surface area contributed by atoms with Crippen LogP contribution in [-0.4, -0.2) is 14.5 Å². The number of nitrogens with zero attached hydrogens (tertiary/aromatic N) is 3. The summed E-state index contributed by atoms with van der Waals surface area (Å²) in [7, 11) is 1.69. The number of pyridine rings is 1. The highest BCUT2D eigenvalue weighted by Crippen LogP contribution is 2.31. The lowest BCUT2D eigenvalue weighted by Crippen LogP contribution is -2.17. The molecule has 20 heavy (non-hydrogen) atoms. The summed E-state index contributed by atoms with van der Waals surface area (Å²) in [6.07, 6.45) is 3.13. The fourth-order valence-electron chi connectivity index (χ4n) is 1.75. The summed E-state index contributed by atoms with van der Waals surface area (Å²) < 4.78 is 7.18. The molecule has 0 radical (unpaired) electrons. The Labute approximate surface area is 116 Å². The normalized spacial score (nSPS) is 10.8. The topological polar surface area (TPSA) is 109 Å². The summed E-state index contributed by atoms with van der Waals surface area (Å²) in [5, 5.41) is 0. The molecular formula is C13H17N5O2. The molecule has 0 aliphatic rings. The van der Waals surface area contributed by atoms with Crippen molar-refractivity contribution in [2.45, 2.75) is 19.8 Å². The number of hydrogen-bond donors (Lipinski definition) is 2. The summed E-state index contributed by atoms with van der Waals surface area (Å²) in [4.78, 5) is 19.4. The Morgan fingerprint density at radius 1 is 1.30 bits per heavy atom. The van der Waals surface area contributed by atoms with Gasteiger partial charge in [-0.05, 0) is 5.92 Å². The van der Waals surface area contributed by atoms with E-state index in [9.17, 15) is 4.79 Å². The van der Waals surface area contributed by atoms with Crippen molar-refractivity contribution in [3.8, 4) is 11.5 Å².